The van der Waals surface area contributed by atoms with E-state index in [9.17, 15) is 67.1 Å². The number of nitrogens with zero attached hydrogens (tertiary/aromatic N) is 2. The van der Waals surface area contributed by atoms with Crippen molar-refractivity contribution >= 4 is 96.4 Å². The van der Waals surface area contributed by atoms with E-state index in [4.69, 9.17) is 65.9 Å². The number of hydrogen-bond donors (Lipinski definition) is 15. The molecule has 0 unspecified atom stereocenters. The molecule has 0 aliphatic rings. The minimum Gasteiger partial charge on any atom is -0.450 e. The monoisotopic (exact) mass is 1870 g/mol. The van der Waals surface area contributed by atoms with Crippen LogP contribution in [-0.4, -0.2) is 253 Å². The number of alkyl carbamates (subject to hydrolysis) is 3. The van der Waals surface area contributed by atoms with Crippen molar-refractivity contribution in [3.63, 3.8) is 0 Å². The van der Waals surface area contributed by atoms with Crippen molar-refractivity contribution in [3.8, 4) is 0 Å². The molecule has 0 saturated heterocycles. The number of oxime groups is 2. The molecule has 0 bridgehead atoms. The van der Waals surface area contributed by atoms with Crippen LogP contribution in [0.1, 0.15) is 225 Å². The van der Waals surface area contributed by atoms with Gasteiger partial charge in [-0.2, -0.15) is 0 Å². The zero-order valence-electron chi connectivity index (χ0n) is 78.8. The van der Waals surface area contributed by atoms with Crippen molar-refractivity contribution in [2.45, 2.75) is 221 Å². The van der Waals surface area contributed by atoms with E-state index in [1.54, 1.807) is 81.1 Å². The molecule has 0 aliphatic heterocycles. The Morgan fingerprint density at radius 2 is 0.727 bits per heavy atom. The maximum atomic E-state index is 12.6. The third kappa shape index (κ3) is 68.7. The van der Waals surface area contributed by atoms with Gasteiger partial charge in [0.25, 0.3) is 17.7 Å². The quantitative estimate of drug-likeness (QED) is 0.0105. The highest BCUT2D eigenvalue weighted by atomic mass is 16.6. The van der Waals surface area contributed by atoms with Crippen LogP contribution in [0.2, 0.25) is 0 Å². The van der Waals surface area contributed by atoms with Gasteiger partial charge >= 0.3 is 18.3 Å². The Morgan fingerprint density at radius 1 is 0.386 bits per heavy atom. The first-order valence-corrected chi connectivity index (χ1v) is 45.2. The fraction of sp³-hybridized carbons (Fsp3) is 0.626. The number of aldehydes is 2. The predicted molar refractivity (Wildman–Crippen MR) is 498 cm³/mol. The summed E-state index contributed by atoms with van der Waals surface area (Å²) in [4.78, 5) is 177. The number of hydrogen-bond acceptors (Lipinski definition) is 29. The molecule has 0 spiro atoms. The Hall–Kier alpha value is -11.3. The van der Waals surface area contributed by atoms with Crippen molar-refractivity contribution in [2.75, 3.05) is 133 Å². The van der Waals surface area contributed by atoms with Crippen molar-refractivity contribution < 1.29 is 115 Å². The number of carbonyl (C=O) groups is 14. The summed E-state index contributed by atoms with van der Waals surface area (Å²) in [6, 6.07) is 19.1. The van der Waals surface area contributed by atoms with Gasteiger partial charge in [0.2, 0.25) is 35.4 Å². The molecule has 0 radical (unpaired) electrons. The highest BCUT2D eigenvalue weighted by molar-refractivity contribution is 5.96. The Bertz CT molecular complexity index is 3740. The number of rotatable bonds is 72. The van der Waals surface area contributed by atoms with Crippen LogP contribution >= 0.6 is 0 Å². The lowest BCUT2D eigenvalue weighted by Gasteiger charge is -2.21. The predicted octanol–water partition coefficient (Wildman–Crippen LogP) is 5.78. The number of benzene rings is 3. The molecule has 5 atom stereocenters. The van der Waals surface area contributed by atoms with Gasteiger partial charge in [-0.1, -0.05) is 94.7 Å². The standard InChI is InChI=1S/C31H52N6O7.C29H48N6O6.C16H28N2O8.C15H23N3O3/c1-5-17-43-31(41)35-16-19-42-18-9-8-15-36-44-22-24-11-10-12-25(21-24)29(39)34-14-7-6-13-26(28(32)38)37-30(40)27(33-4)20-23(2)3;1-21(2)18-26(31-4)29(39)35-25(27(30)37)12-5-6-13-33-28(38)24-11-9-10-23(19-24)20-41-34-14-7-8-16-40-17-15-32-22(3)36;19-7-1-3-9-23-11-5-17-15(21)25-13-14-26-16(22)18-6-12-24-10-4-2-8-20;1-11(14(16)19)5-2-3-8-18-15(20)13-7-4-6-12(9-13)10-21-17/h10-12,15,21,23,26-27,33H,5-9,13-14,16-20,22H2,1-4H3,(H2,32,38)(H,34,39)(H,35,41)(H,37,40);9-11,14,19,21,25-26,31H,5-8,12-13,15-18,20H2,1-4H3,(H2,30,37)(H,32,36)(H,33,38)(H,35,39);7-8H,1-6,9-14H2,(H,17,21)(H,18,22);4,6-7,9,11H,2-3,5,8,10,17H2,1H3,(H2,16,19)(H,18,20)/b36-15-;34-14+;;/t26-,27-;25-,26-;;11-/m00.0/s1. The molecule has 3 rings (SSSR count). The summed E-state index contributed by atoms with van der Waals surface area (Å²) in [6.45, 7) is 20.7. The average Bonchev–Trinajstić information content (AvgIpc) is 0.918. The molecule has 12 amide bonds. The normalized spacial score (nSPS) is 11.9. The minimum atomic E-state index is -0.759. The largest absolute Gasteiger partial charge is 0.450 e. The number of nitrogens with one attached hydrogen (secondary N) is 11. The molecule has 0 heterocycles. The molecule has 744 valence electrons. The summed E-state index contributed by atoms with van der Waals surface area (Å²) in [5.74, 6) is 3.00. The summed E-state index contributed by atoms with van der Waals surface area (Å²) >= 11 is 0. The molecule has 0 fully saturated rings. The second-order valence-corrected chi connectivity index (χ2v) is 31.0. The summed E-state index contributed by atoms with van der Waals surface area (Å²) in [6.07, 6.45) is 16.2. The topological polar surface area (TPSA) is 592 Å². The maximum Gasteiger partial charge on any atom is 0.407 e. The van der Waals surface area contributed by atoms with E-state index in [1.165, 1.54) is 6.92 Å². The van der Waals surface area contributed by atoms with Crippen LogP contribution in [-0.2, 0) is 106 Å². The fourth-order valence-corrected chi connectivity index (χ4v) is 11.4. The third-order valence-corrected chi connectivity index (χ3v) is 18.5. The van der Waals surface area contributed by atoms with Crippen LogP contribution in [0.3, 0.4) is 0 Å². The van der Waals surface area contributed by atoms with Crippen LogP contribution < -0.4 is 81.6 Å². The van der Waals surface area contributed by atoms with E-state index in [-0.39, 0.29) is 105 Å². The average molecular weight is 1870 g/mol. The molecule has 3 aromatic carbocycles. The van der Waals surface area contributed by atoms with E-state index in [1.807, 2.05) is 59.7 Å². The van der Waals surface area contributed by atoms with Gasteiger partial charge in [0, 0.05) is 127 Å². The Balaban J connectivity index is 0.00000180. The summed E-state index contributed by atoms with van der Waals surface area (Å²) < 4.78 is 35.7. The number of nitrogens with two attached hydrogens (primary N) is 4. The van der Waals surface area contributed by atoms with E-state index >= 15 is 0 Å². The van der Waals surface area contributed by atoms with E-state index in [2.05, 4.69) is 73.6 Å². The second-order valence-electron chi connectivity index (χ2n) is 31.0. The van der Waals surface area contributed by atoms with Gasteiger partial charge in [0.1, 0.15) is 51.1 Å². The minimum absolute atomic E-state index is 0.0678. The number of likely N-dealkylation sites (N-methyl/N-ethyl adjacent to an activating group) is 2. The number of amides is 12. The van der Waals surface area contributed by atoms with Gasteiger partial charge in [-0.15, -0.1) is 0 Å². The molecule has 132 heavy (non-hydrogen) atoms. The molecule has 19 N–H and O–H groups in total. The van der Waals surface area contributed by atoms with Crippen LogP contribution in [0.4, 0.5) is 14.4 Å². The lowest BCUT2D eigenvalue weighted by Crippen LogP contribution is -2.51. The summed E-state index contributed by atoms with van der Waals surface area (Å²) in [5, 5.41) is 38.2. The van der Waals surface area contributed by atoms with Gasteiger partial charge in [-0.3, -0.25) is 48.0 Å². The molecule has 41 heteroatoms. The molecule has 0 aliphatic carbocycles. The maximum absolute atomic E-state index is 12.6. The Morgan fingerprint density at radius 3 is 1.05 bits per heavy atom. The first-order chi connectivity index (χ1) is 63.5. The summed E-state index contributed by atoms with van der Waals surface area (Å²) in [5.41, 5.74) is 20.2. The van der Waals surface area contributed by atoms with Gasteiger partial charge in [0.05, 0.1) is 51.7 Å². The van der Waals surface area contributed by atoms with Gasteiger partial charge in [0.15, 0.2) is 0 Å². The Labute approximate surface area is 777 Å². The van der Waals surface area contributed by atoms with Crippen molar-refractivity contribution in [1.82, 2.24) is 58.5 Å². The lowest BCUT2D eigenvalue weighted by atomic mass is 10.0. The number of ether oxygens (including phenoxy) is 7. The summed E-state index contributed by atoms with van der Waals surface area (Å²) in [7, 11) is 3.43. The Kier molecular flexibility index (Phi) is 74.6. The lowest BCUT2D eigenvalue weighted by molar-refractivity contribution is -0.129. The van der Waals surface area contributed by atoms with Crippen LogP contribution in [0.5, 0.6) is 0 Å². The van der Waals surface area contributed by atoms with Crippen molar-refractivity contribution in [2.24, 2.45) is 51.2 Å². The zero-order chi connectivity index (χ0) is 98.0. The number of carbonyl (C=O) groups excluding carboxylic acids is 14. The smallest absolute Gasteiger partial charge is 0.407 e. The fourth-order valence-electron chi connectivity index (χ4n) is 11.4. The number of unbranched alkanes of at least 4 members (excludes halogenated alkanes) is 7. The molecule has 3 aromatic rings. The first kappa shape index (κ1) is 121. The van der Waals surface area contributed by atoms with Gasteiger partial charge in [-0.25, -0.2) is 20.3 Å². The molecule has 41 nitrogen and oxygen atoms in total. The highest BCUT2D eigenvalue weighted by Crippen LogP contribution is 2.14. The van der Waals surface area contributed by atoms with Crippen LogP contribution in [0.15, 0.2) is 83.1 Å². The van der Waals surface area contributed by atoms with E-state index < -0.39 is 42.2 Å². The van der Waals surface area contributed by atoms with Gasteiger partial charge in [-0.05, 0) is 188 Å². The van der Waals surface area contributed by atoms with Crippen molar-refractivity contribution in [3.05, 3.63) is 106 Å². The van der Waals surface area contributed by atoms with Gasteiger partial charge < -0.3 is 128 Å². The molecule has 0 aromatic heterocycles. The molecule has 0 saturated carbocycles. The van der Waals surface area contributed by atoms with E-state index in [0.717, 1.165) is 67.8 Å². The number of primary amides is 3. The second kappa shape index (κ2) is 81.6. The highest BCUT2D eigenvalue weighted by Gasteiger charge is 2.26. The van der Waals surface area contributed by atoms with Crippen LogP contribution in [0, 0.1) is 17.8 Å². The first-order valence-electron chi connectivity index (χ1n) is 45.2. The molecular formula is C91H151N17O24. The van der Waals surface area contributed by atoms with Crippen molar-refractivity contribution in [1.29, 1.82) is 0 Å². The third-order valence-electron chi connectivity index (χ3n) is 18.5. The zero-order valence-corrected chi connectivity index (χ0v) is 78.8. The molecular weight excluding hydrogens is 1720 g/mol. The van der Waals surface area contributed by atoms with E-state index in [0.29, 0.717) is 211 Å². The van der Waals surface area contributed by atoms with Crippen LogP contribution in [0.25, 0.3) is 0 Å². The SMILES string of the molecule is CCCOC(=O)NCCOCCC/C=N\OCc1cccc(C(=O)NCCCC[C@H](NC(=O)[C@H](CC(C)C)NC)C(N)=O)c1.CN[C@@H](CC(C)C)C(=O)N[C@@H](CCCCNC(=O)c1cccc(CO/N=C/CCCOCCNC(C)=O)c1)C(N)=O.C[C@@H](CCCCNC(=O)c1cccc(CON)c1)C(N)=O.O=CCCCOCCNC(=O)OCCOC(=O)NCCOCCCC=O.